The molecule has 190 valence electrons. The van der Waals surface area contributed by atoms with E-state index >= 15 is 0 Å². The maximum Gasteiger partial charge on any atom is 0.242 e. The van der Waals surface area contributed by atoms with Gasteiger partial charge in [0.1, 0.15) is 19.3 Å². The lowest BCUT2D eigenvalue weighted by Gasteiger charge is -2.31. The van der Waals surface area contributed by atoms with Gasteiger partial charge in [-0.2, -0.15) is 0 Å². The van der Waals surface area contributed by atoms with Crippen LogP contribution in [0, 0.1) is 0 Å². The van der Waals surface area contributed by atoms with E-state index in [4.69, 9.17) is 9.47 Å². The van der Waals surface area contributed by atoms with Crippen molar-refractivity contribution in [3.8, 4) is 11.5 Å². The van der Waals surface area contributed by atoms with Crippen LogP contribution in [0.25, 0.3) is 0 Å². The van der Waals surface area contributed by atoms with Crippen molar-refractivity contribution in [1.82, 2.24) is 10.2 Å². The molecule has 2 aromatic rings. The molecule has 0 aromatic heterocycles. The first kappa shape index (κ1) is 26.3. The van der Waals surface area contributed by atoms with Gasteiger partial charge < -0.3 is 19.7 Å². The minimum Gasteiger partial charge on any atom is -0.486 e. The summed E-state index contributed by atoms with van der Waals surface area (Å²) in [5.41, 5.74) is 1.36. The van der Waals surface area contributed by atoms with Gasteiger partial charge >= 0.3 is 0 Å². The molecule has 0 fully saturated rings. The summed E-state index contributed by atoms with van der Waals surface area (Å²) >= 11 is 0. The van der Waals surface area contributed by atoms with Gasteiger partial charge in [0, 0.05) is 32.6 Å². The molecule has 9 nitrogen and oxygen atoms in total. The molecule has 0 radical (unpaired) electrons. The molecular formula is C25H33N3O6S. The van der Waals surface area contributed by atoms with Crippen molar-refractivity contribution in [3.63, 3.8) is 0 Å². The van der Waals surface area contributed by atoms with E-state index in [-0.39, 0.29) is 31.2 Å². The smallest absolute Gasteiger partial charge is 0.242 e. The molecule has 1 aliphatic rings. The Bertz CT molecular complexity index is 1120. The molecule has 3 rings (SSSR count). The van der Waals surface area contributed by atoms with E-state index in [0.29, 0.717) is 43.4 Å². The first-order chi connectivity index (χ1) is 16.7. The number of ether oxygens (including phenoxy) is 2. The van der Waals surface area contributed by atoms with Gasteiger partial charge in [0.05, 0.1) is 11.9 Å². The van der Waals surface area contributed by atoms with Gasteiger partial charge in [0.2, 0.25) is 21.8 Å². The van der Waals surface area contributed by atoms with Crippen molar-refractivity contribution in [1.29, 1.82) is 0 Å². The monoisotopic (exact) mass is 503 g/mol. The van der Waals surface area contributed by atoms with E-state index in [1.54, 1.807) is 30.1 Å². The summed E-state index contributed by atoms with van der Waals surface area (Å²) in [5, 5.41) is 2.64. The molecule has 2 amide bonds. The van der Waals surface area contributed by atoms with Crippen LogP contribution in [0.4, 0.5) is 5.69 Å². The standard InChI is InChI=1S/C25H33N3O6S/c1-4-21(25(30)26-2)27(18-19-9-6-5-7-10-19)24(29)11-8-14-28(35(3,31)32)20-12-13-22-23(17-20)34-16-15-33-22/h5-7,9-10,12-13,17,21H,4,8,11,14-16,18H2,1-3H3,(H,26,30)/t21-/m1/s1. The molecule has 2 aromatic carbocycles. The number of carbonyl (C=O) groups excluding carboxylic acids is 2. The van der Waals surface area contributed by atoms with Crippen LogP contribution in [0.5, 0.6) is 11.5 Å². The van der Waals surface area contributed by atoms with Gasteiger partial charge in [-0.1, -0.05) is 37.3 Å². The number of amides is 2. The third-order valence-corrected chi connectivity index (χ3v) is 6.99. The average Bonchev–Trinajstić information content (AvgIpc) is 2.85. The molecule has 1 N–H and O–H groups in total. The van der Waals surface area contributed by atoms with E-state index in [1.807, 2.05) is 37.3 Å². The van der Waals surface area contributed by atoms with Crippen LogP contribution < -0.4 is 19.1 Å². The molecule has 10 heteroatoms. The lowest BCUT2D eigenvalue weighted by Crippen LogP contribution is -2.48. The summed E-state index contributed by atoms with van der Waals surface area (Å²) in [4.78, 5) is 27.3. The van der Waals surface area contributed by atoms with Crippen molar-refractivity contribution >= 4 is 27.5 Å². The summed E-state index contributed by atoms with van der Waals surface area (Å²) in [7, 11) is -2.05. The fourth-order valence-electron chi connectivity index (χ4n) is 4.06. The second-order valence-corrected chi connectivity index (χ2v) is 10.2. The summed E-state index contributed by atoms with van der Waals surface area (Å²) < 4.78 is 37.4. The molecular weight excluding hydrogens is 470 g/mol. The summed E-state index contributed by atoms with van der Waals surface area (Å²) in [6, 6.07) is 13.8. The second kappa shape index (κ2) is 11.9. The largest absolute Gasteiger partial charge is 0.486 e. The molecule has 1 atom stereocenters. The minimum atomic E-state index is -3.60. The van der Waals surface area contributed by atoms with Gasteiger partial charge in [-0.15, -0.1) is 0 Å². The first-order valence-corrected chi connectivity index (χ1v) is 13.5. The topological polar surface area (TPSA) is 105 Å². The number of nitrogens with zero attached hydrogens (tertiary/aromatic N) is 2. The lowest BCUT2D eigenvalue weighted by molar-refractivity contribution is -0.141. The summed E-state index contributed by atoms with van der Waals surface area (Å²) in [5.74, 6) is 0.620. The van der Waals surface area contributed by atoms with Crippen LogP contribution in [-0.4, -0.2) is 64.2 Å². The average molecular weight is 504 g/mol. The molecule has 0 bridgehead atoms. The van der Waals surface area contributed by atoms with Crippen molar-refractivity contribution in [3.05, 3.63) is 54.1 Å². The van der Waals surface area contributed by atoms with Crippen LogP contribution in [-0.2, 0) is 26.2 Å². The summed E-state index contributed by atoms with van der Waals surface area (Å²) in [6.45, 7) is 3.10. The molecule has 1 heterocycles. The predicted octanol–water partition coefficient (Wildman–Crippen LogP) is 2.56. The molecule has 0 aliphatic carbocycles. The third kappa shape index (κ3) is 6.88. The van der Waals surface area contributed by atoms with Crippen molar-refractivity contribution in [2.45, 2.75) is 38.8 Å². The zero-order chi connectivity index (χ0) is 25.4. The molecule has 0 saturated heterocycles. The number of hydrogen-bond acceptors (Lipinski definition) is 6. The van der Waals surface area contributed by atoms with Gasteiger partial charge in [0.15, 0.2) is 11.5 Å². The van der Waals surface area contributed by atoms with Crippen molar-refractivity contribution in [2.24, 2.45) is 0 Å². The molecule has 0 unspecified atom stereocenters. The highest BCUT2D eigenvalue weighted by Crippen LogP contribution is 2.34. The van der Waals surface area contributed by atoms with Crippen LogP contribution in [0.3, 0.4) is 0 Å². The fourth-order valence-corrected chi connectivity index (χ4v) is 5.01. The number of hydrogen-bond donors (Lipinski definition) is 1. The molecule has 35 heavy (non-hydrogen) atoms. The third-order valence-electron chi connectivity index (χ3n) is 5.79. The number of likely N-dealkylation sites (N-methyl/N-ethyl adjacent to an activating group) is 1. The Morgan fingerprint density at radius 2 is 1.74 bits per heavy atom. The number of anilines is 1. The van der Waals surface area contributed by atoms with E-state index in [1.165, 1.54) is 4.31 Å². The van der Waals surface area contributed by atoms with Gasteiger partial charge in [-0.05, 0) is 30.5 Å². The molecule has 0 saturated carbocycles. The predicted molar refractivity (Wildman–Crippen MR) is 134 cm³/mol. The van der Waals surface area contributed by atoms with E-state index in [0.717, 1.165) is 11.8 Å². The van der Waals surface area contributed by atoms with Crippen LogP contribution in [0.1, 0.15) is 31.7 Å². The molecule has 0 spiro atoms. The SMILES string of the molecule is CC[C@H](C(=O)NC)N(Cc1ccccc1)C(=O)CCCN(c1ccc2c(c1)OCCO2)S(C)(=O)=O. The molecule has 1 aliphatic heterocycles. The number of carbonyl (C=O) groups is 2. The Labute approximate surface area is 207 Å². The Kier molecular flexibility index (Phi) is 8.97. The van der Waals surface area contributed by atoms with Crippen LogP contribution in [0.15, 0.2) is 48.5 Å². The zero-order valence-corrected chi connectivity index (χ0v) is 21.2. The highest BCUT2D eigenvalue weighted by atomic mass is 32.2. The number of rotatable bonds is 11. The zero-order valence-electron chi connectivity index (χ0n) is 20.4. The van der Waals surface area contributed by atoms with E-state index in [2.05, 4.69) is 5.32 Å². The van der Waals surface area contributed by atoms with Crippen molar-refractivity contribution < 1.29 is 27.5 Å². The van der Waals surface area contributed by atoms with Crippen molar-refractivity contribution in [2.75, 3.05) is 37.4 Å². The van der Waals surface area contributed by atoms with Gasteiger partial charge in [-0.25, -0.2) is 8.42 Å². The van der Waals surface area contributed by atoms with Gasteiger partial charge in [0.25, 0.3) is 0 Å². The van der Waals surface area contributed by atoms with E-state index < -0.39 is 16.1 Å². The Balaban J connectivity index is 1.74. The maximum atomic E-state index is 13.3. The highest BCUT2D eigenvalue weighted by Gasteiger charge is 2.28. The fraction of sp³-hybridized carbons (Fsp3) is 0.440. The van der Waals surface area contributed by atoms with Crippen LogP contribution in [0.2, 0.25) is 0 Å². The number of fused-ring (bicyclic) bond motifs is 1. The number of benzene rings is 2. The summed E-state index contributed by atoms with van der Waals surface area (Å²) in [6.07, 6.45) is 1.98. The highest BCUT2D eigenvalue weighted by molar-refractivity contribution is 7.92. The van der Waals surface area contributed by atoms with Gasteiger partial charge in [-0.3, -0.25) is 13.9 Å². The normalized spacial score (nSPS) is 13.6. The van der Waals surface area contributed by atoms with E-state index in [9.17, 15) is 18.0 Å². The second-order valence-electron chi connectivity index (χ2n) is 8.31. The first-order valence-electron chi connectivity index (χ1n) is 11.7. The van der Waals surface area contributed by atoms with Crippen LogP contribution >= 0.6 is 0 Å². The Morgan fingerprint density at radius 3 is 2.37 bits per heavy atom. The number of sulfonamides is 1. The lowest BCUT2D eigenvalue weighted by atomic mass is 10.1. The Morgan fingerprint density at radius 1 is 1.06 bits per heavy atom. The maximum absolute atomic E-state index is 13.3. The Hall–Kier alpha value is -3.27. The number of nitrogens with one attached hydrogen (secondary N) is 1. The quantitative estimate of drug-likeness (QED) is 0.505. The minimum absolute atomic E-state index is 0.0941.